The van der Waals surface area contributed by atoms with E-state index in [1.165, 1.54) is 18.2 Å². The van der Waals surface area contributed by atoms with Gasteiger partial charge in [-0.2, -0.15) is 13.2 Å². The van der Waals surface area contributed by atoms with Crippen LogP contribution in [0.5, 0.6) is 0 Å². The molecule has 3 rings (SSSR count). The number of nitrogens with one attached hydrogen (secondary N) is 2. The van der Waals surface area contributed by atoms with Crippen molar-refractivity contribution in [1.82, 2.24) is 10.4 Å². The van der Waals surface area contributed by atoms with Gasteiger partial charge in [0.1, 0.15) is 0 Å². The number of hydrogen-bond donors (Lipinski definition) is 2. The topological polar surface area (TPSA) is 54.0 Å². The molecule has 28 heavy (non-hydrogen) atoms. The third kappa shape index (κ3) is 5.26. The van der Waals surface area contributed by atoms with E-state index in [0.29, 0.717) is 5.56 Å². The van der Waals surface area contributed by atoms with E-state index in [2.05, 4.69) is 15.8 Å². The summed E-state index contributed by atoms with van der Waals surface area (Å²) in [6.07, 6.45) is -1.01. The van der Waals surface area contributed by atoms with E-state index < -0.39 is 17.6 Å². The summed E-state index contributed by atoms with van der Waals surface area (Å²) >= 11 is 1.60. The van der Waals surface area contributed by atoms with Gasteiger partial charge in [-0.3, -0.25) is 20.6 Å². The SMILES string of the molecule is O=C(NNc1ccccc1C(F)(F)F)c1ccc(SCc2cccnc2)cc1. The van der Waals surface area contributed by atoms with E-state index in [-0.39, 0.29) is 5.69 Å². The minimum Gasteiger partial charge on any atom is -0.298 e. The van der Waals surface area contributed by atoms with Crippen molar-refractivity contribution >= 4 is 23.4 Å². The molecule has 0 unspecified atom stereocenters. The summed E-state index contributed by atoms with van der Waals surface area (Å²) in [5.74, 6) is 0.218. The quantitative estimate of drug-likeness (QED) is 0.442. The molecule has 0 saturated carbocycles. The van der Waals surface area contributed by atoms with Crippen LogP contribution >= 0.6 is 11.8 Å². The number of amides is 1. The molecule has 8 heteroatoms. The van der Waals surface area contributed by atoms with Crippen molar-refractivity contribution in [1.29, 1.82) is 0 Å². The molecule has 1 heterocycles. The number of carbonyl (C=O) groups excluding carboxylic acids is 1. The Morgan fingerprint density at radius 2 is 1.75 bits per heavy atom. The second-order valence-electron chi connectivity index (χ2n) is 5.80. The van der Waals surface area contributed by atoms with E-state index in [9.17, 15) is 18.0 Å². The minimum atomic E-state index is -4.51. The summed E-state index contributed by atoms with van der Waals surface area (Å²) in [4.78, 5) is 17.2. The Labute approximate surface area is 164 Å². The molecule has 0 aliphatic heterocycles. The predicted octanol–water partition coefficient (Wildman–Crippen LogP) is 5.15. The maximum Gasteiger partial charge on any atom is 0.418 e. The first-order valence-corrected chi connectivity index (χ1v) is 9.26. The standard InChI is InChI=1S/C20H16F3N3OS/c21-20(22,23)17-5-1-2-6-18(17)25-26-19(27)15-7-9-16(10-8-15)28-13-14-4-3-11-24-12-14/h1-12,25H,13H2,(H,26,27). The van der Waals surface area contributed by atoms with Crippen molar-refractivity contribution in [2.75, 3.05) is 5.43 Å². The maximum atomic E-state index is 13.0. The highest BCUT2D eigenvalue weighted by Gasteiger charge is 2.33. The molecule has 1 amide bonds. The molecule has 0 saturated heterocycles. The second kappa shape index (κ2) is 8.79. The molecule has 0 aliphatic rings. The average Bonchev–Trinajstić information content (AvgIpc) is 2.71. The van der Waals surface area contributed by atoms with Crippen molar-refractivity contribution in [2.24, 2.45) is 0 Å². The number of carbonyl (C=O) groups is 1. The fourth-order valence-electron chi connectivity index (χ4n) is 2.39. The highest BCUT2D eigenvalue weighted by molar-refractivity contribution is 7.98. The Bertz CT molecular complexity index is 931. The van der Waals surface area contributed by atoms with Crippen molar-refractivity contribution < 1.29 is 18.0 Å². The molecule has 0 radical (unpaired) electrons. The van der Waals surface area contributed by atoms with Crippen molar-refractivity contribution in [2.45, 2.75) is 16.8 Å². The van der Waals surface area contributed by atoms with Crippen LogP contribution < -0.4 is 10.9 Å². The van der Waals surface area contributed by atoms with Gasteiger partial charge >= 0.3 is 6.18 Å². The van der Waals surface area contributed by atoms with Crippen LogP contribution in [0.25, 0.3) is 0 Å². The van der Waals surface area contributed by atoms with Crippen LogP contribution in [-0.4, -0.2) is 10.9 Å². The lowest BCUT2D eigenvalue weighted by Crippen LogP contribution is -2.30. The number of hydrogen-bond acceptors (Lipinski definition) is 4. The molecule has 0 atom stereocenters. The Morgan fingerprint density at radius 3 is 2.43 bits per heavy atom. The van der Waals surface area contributed by atoms with Crippen LogP contribution in [-0.2, 0) is 11.9 Å². The van der Waals surface area contributed by atoms with Crippen LogP contribution in [0.2, 0.25) is 0 Å². The van der Waals surface area contributed by atoms with Crippen LogP contribution in [0.1, 0.15) is 21.5 Å². The van der Waals surface area contributed by atoms with Gasteiger partial charge in [-0.15, -0.1) is 11.8 Å². The van der Waals surface area contributed by atoms with Gasteiger partial charge < -0.3 is 0 Å². The first-order valence-electron chi connectivity index (χ1n) is 8.28. The summed E-state index contributed by atoms with van der Waals surface area (Å²) in [7, 11) is 0. The largest absolute Gasteiger partial charge is 0.418 e. The fourth-order valence-corrected chi connectivity index (χ4v) is 3.22. The number of rotatable bonds is 6. The summed E-state index contributed by atoms with van der Waals surface area (Å²) in [5.41, 5.74) is 5.00. The number of alkyl halides is 3. The molecule has 0 spiro atoms. The number of aromatic nitrogens is 1. The Morgan fingerprint density at radius 1 is 1.00 bits per heavy atom. The van der Waals surface area contributed by atoms with E-state index in [1.54, 1.807) is 48.4 Å². The van der Waals surface area contributed by atoms with Crippen LogP contribution in [0.4, 0.5) is 18.9 Å². The molecule has 0 aliphatic carbocycles. The zero-order valence-electron chi connectivity index (χ0n) is 14.5. The smallest absolute Gasteiger partial charge is 0.298 e. The third-order valence-electron chi connectivity index (χ3n) is 3.79. The van der Waals surface area contributed by atoms with E-state index in [4.69, 9.17) is 0 Å². The van der Waals surface area contributed by atoms with Gasteiger partial charge in [-0.1, -0.05) is 18.2 Å². The molecule has 2 N–H and O–H groups in total. The normalized spacial score (nSPS) is 11.1. The van der Waals surface area contributed by atoms with Gasteiger partial charge in [0.25, 0.3) is 5.91 Å². The van der Waals surface area contributed by atoms with Gasteiger partial charge in [0.2, 0.25) is 0 Å². The van der Waals surface area contributed by atoms with Gasteiger partial charge in [0, 0.05) is 28.6 Å². The van der Waals surface area contributed by atoms with E-state index in [0.717, 1.165) is 22.3 Å². The third-order valence-corrected chi connectivity index (χ3v) is 4.87. The molecule has 144 valence electrons. The zero-order valence-corrected chi connectivity index (χ0v) is 15.3. The Balaban J connectivity index is 1.58. The predicted molar refractivity (Wildman–Crippen MR) is 103 cm³/mol. The zero-order chi connectivity index (χ0) is 20.0. The van der Waals surface area contributed by atoms with Crippen molar-refractivity contribution in [3.05, 3.63) is 89.7 Å². The van der Waals surface area contributed by atoms with Crippen LogP contribution in [0.3, 0.4) is 0 Å². The van der Waals surface area contributed by atoms with Gasteiger partial charge in [0.05, 0.1) is 11.3 Å². The number of hydrazine groups is 1. The number of anilines is 1. The summed E-state index contributed by atoms with van der Waals surface area (Å²) in [5, 5.41) is 0. The number of pyridine rings is 1. The van der Waals surface area contributed by atoms with Gasteiger partial charge in [0.15, 0.2) is 0 Å². The molecular formula is C20H16F3N3OS. The highest BCUT2D eigenvalue weighted by atomic mass is 32.2. The lowest BCUT2D eigenvalue weighted by atomic mass is 10.2. The molecule has 4 nitrogen and oxygen atoms in total. The number of benzene rings is 2. The number of thioether (sulfide) groups is 1. The van der Waals surface area contributed by atoms with Crippen molar-refractivity contribution in [3.63, 3.8) is 0 Å². The fraction of sp³-hybridized carbons (Fsp3) is 0.100. The molecule has 0 bridgehead atoms. The molecule has 3 aromatic rings. The maximum absolute atomic E-state index is 13.0. The molecule has 2 aromatic carbocycles. The van der Waals surface area contributed by atoms with Gasteiger partial charge in [-0.05, 0) is 48.0 Å². The Hall–Kier alpha value is -3.00. The van der Waals surface area contributed by atoms with E-state index in [1.807, 2.05) is 12.1 Å². The number of para-hydroxylation sites is 1. The average molecular weight is 403 g/mol. The Kier molecular flexibility index (Phi) is 6.20. The first kappa shape index (κ1) is 19.8. The number of halogens is 3. The van der Waals surface area contributed by atoms with Crippen LogP contribution in [0, 0.1) is 0 Å². The summed E-state index contributed by atoms with van der Waals surface area (Å²) in [6.45, 7) is 0. The lowest BCUT2D eigenvalue weighted by molar-refractivity contribution is -0.137. The van der Waals surface area contributed by atoms with Crippen LogP contribution in [0.15, 0.2) is 78.0 Å². The molecule has 0 fully saturated rings. The molecular weight excluding hydrogens is 387 g/mol. The second-order valence-corrected chi connectivity index (χ2v) is 6.85. The lowest BCUT2D eigenvalue weighted by Gasteiger charge is -2.15. The van der Waals surface area contributed by atoms with Crippen molar-refractivity contribution in [3.8, 4) is 0 Å². The first-order chi connectivity index (χ1) is 13.4. The summed E-state index contributed by atoms with van der Waals surface area (Å²) in [6, 6.07) is 15.6. The number of nitrogens with zero attached hydrogens (tertiary/aromatic N) is 1. The summed E-state index contributed by atoms with van der Waals surface area (Å²) < 4.78 is 38.9. The monoisotopic (exact) mass is 403 g/mol. The van der Waals surface area contributed by atoms with E-state index >= 15 is 0 Å². The van der Waals surface area contributed by atoms with Gasteiger partial charge in [-0.25, -0.2) is 0 Å². The minimum absolute atomic E-state index is 0.216. The molecule has 1 aromatic heterocycles. The highest BCUT2D eigenvalue weighted by Crippen LogP contribution is 2.34.